The van der Waals surface area contributed by atoms with E-state index >= 15 is 0 Å². The molecule has 0 aliphatic heterocycles. The molecule has 5 aromatic rings. The molecule has 0 fully saturated rings. The lowest BCUT2D eigenvalue weighted by Crippen LogP contribution is -2.26. The molecule has 0 N–H and O–H groups in total. The molecule has 0 amide bonds. The standard InChI is InChI=1S/C30H21N3O4S2/c1-33(24-7-3-2-4-8-24)39(35,36)26-17-13-22(14-18-26)30(34)37-25-15-11-21(12-16-25)19-23(20-31)29-32-27-9-5-6-10-28(27)38-29/h2-19H,1H3. The first-order valence-corrected chi connectivity index (χ1v) is 14.0. The minimum absolute atomic E-state index is 0.0583. The number of nitrogens with zero attached hydrogens (tertiary/aromatic N) is 3. The molecule has 0 spiro atoms. The number of nitriles is 1. The smallest absolute Gasteiger partial charge is 0.343 e. The Morgan fingerprint density at radius 1 is 0.923 bits per heavy atom. The highest BCUT2D eigenvalue weighted by molar-refractivity contribution is 7.92. The van der Waals surface area contributed by atoms with Crippen LogP contribution in [0.5, 0.6) is 5.75 Å². The van der Waals surface area contributed by atoms with E-state index in [0.29, 0.717) is 22.0 Å². The summed E-state index contributed by atoms with van der Waals surface area (Å²) in [6, 6.07) is 31.0. The quantitative estimate of drug-likeness (QED) is 0.132. The molecule has 0 atom stereocenters. The van der Waals surface area contributed by atoms with Gasteiger partial charge in [-0.05, 0) is 72.3 Å². The van der Waals surface area contributed by atoms with Crippen LogP contribution in [0.1, 0.15) is 20.9 Å². The number of hydrogen-bond acceptors (Lipinski definition) is 7. The number of carbonyl (C=O) groups is 1. The molecule has 4 aromatic carbocycles. The van der Waals surface area contributed by atoms with Crippen molar-refractivity contribution in [3.8, 4) is 11.8 Å². The molecule has 39 heavy (non-hydrogen) atoms. The Labute approximate surface area is 229 Å². The van der Waals surface area contributed by atoms with Crippen LogP contribution in [0.4, 0.5) is 5.69 Å². The molecule has 0 aliphatic rings. The van der Waals surface area contributed by atoms with Gasteiger partial charge in [0.25, 0.3) is 10.0 Å². The number of rotatable bonds is 7. The van der Waals surface area contributed by atoms with Crippen LogP contribution in [-0.4, -0.2) is 26.4 Å². The fourth-order valence-electron chi connectivity index (χ4n) is 3.79. The molecular weight excluding hydrogens is 530 g/mol. The Bertz CT molecular complexity index is 1790. The number of allylic oxidation sites excluding steroid dienone is 1. The number of sulfonamides is 1. The van der Waals surface area contributed by atoms with Crippen LogP contribution in [0.25, 0.3) is 21.9 Å². The summed E-state index contributed by atoms with van der Waals surface area (Å²) >= 11 is 1.45. The molecule has 9 heteroatoms. The van der Waals surface area contributed by atoms with Gasteiger partial charge in [-0.3, -0.25) is 4.31 Å². The average molecular weight is 552 g/mol. The van der Waals surface area contributed by atoms with Crippen molar-refractivity contribution in [2.75, 3.05) is 11.4 Å². The average Bonchev–Trinajstić information content (AvgIpc) is 3.41. The van der Waals surface area contributed by atoms with Gasteiger partial charge in [0.05, 0.1) is 31.9 Å². The van der Waals surface area contributed by atoms with Crippen molar-refractivity contribution in [3.05, 3.63) is 119 Å². The summed E-state index contributed by atoms with van der Waals surface area (Å²) in [5, 5.41) is 10.3. The van der Waals surface area contributed by atoms with E-state index in [1.807, 2.05) is 30.3 Å². The molecule has 1 aromatic heterocycles. The number of fused-ring (bicyclic) bond motifs is 1. The third-order valence-electron chi connectivity index (χ3n) is 5.91. The van der Waals surface area contributed by atoms with Gasteiger partial charge in [0.1, 0.15) is 16.8 Å². The van der Waals surface area contributed by atoms with Gasteiger partial charge < -0.3 is 4.74 Å². The van der Waals surface area contributed by atoms with Crippen LogP contribution in [0.15, 0.2) is 108 Å². The molecule has 0 aliphatic carbocycles. The zero-order valence-corrected chi connectivity index (χ0v) is 22.3. The second-order valence-corrected chi connectivity index (χ2v) is 11.4. The molecule has 0 radical (unpaired) electrons. The first-order valence-electron chi connectivity index (χ1n) is 11.8. The van der Waals surface area contributed by atoms with Crippen molar-refractivity contribution < 1.29 is 17.9 Å². The normalized spacial score (nSPS) is 11.6. The molecule has 0 unspecified atom stereocenters. The number of hydrogen-bond donors (Lipinski definition) is 0. The lowest BCUT2D eigenvalue weighted by Gasteiger charge is -2.19. The first kappa shape index (κ1) is 25.9. The molecule has 192 valence electrons. The van der Waals surface area contributed by atoms with Gasteiger partial charge in [0.15, 0.2) is 0 Å². The SMILES string of the molecule is CN(c1ccccc1)S(=O)(=O)c1ccc(C(=O)Oc2ccc(C=C(C#N)c3nc4ccccc4s3)cc2)cc1. The van der Waals surface area contributed by atoms with E-state index in [1.54, 1.807) is 54.6 Å². The lowest BCUT2D eigenvalue weighted by molar-refractivity contribution is 0.0734. The number of esters is 1. The Kier molecular flexibility index (Phi) is 7.23. The van der Waals surface area contributed by atoms with Crippen molar-refractivity contribution >= 4 is 54.9 Å². The molecule has 0 saturated heterocycles. The van der Waals surface area contributed by atoms with Gasteiger partial charge >= 0.3 is 5.97 Å². The summed E-state index contributed by atoms with van der Waals surface area (Å²) in [5.41, 5.74) is 2.77. The van der Waals surface area contributed by atoms with Gasteiger partial charge in [-0.1, -0.05) is 42.5 Å². The fourth-order valence-corrected chi connectivity index (χ4v) is 5.92. The summed E-state index contributed by atoms with van der Waals surface area (Å²) in [5.74, 6) is -0.304. The predicted molar refractivity (Wildman–Crippen MR) is 153 cm³/mol. The van der Waals surface area contributed by atoms with Crippen LogP contribution < -0.4 is 9.04 Å². The van der Waals surface area contributed by atoms with Crippen LogP contribution in [0.3, 0.4) is 0 Å². The molecular formula is C30H21N3O4S2. The maximum Gasteiger partial charge on any atom is 0.343 e. The maximum atomic E-state index is 13.0. The van der Waals surface area contributed by atoms with Gasteiger partial charge in [-0.2, -0.15) is 5.26 Å². The van der Waals surface area contributed by atoms with Crippen molar-refractivity contribution in [2.45, 2.75) is 4.90 Å². The third-order valence-corrected chi connectivity index (χ3v) is 8.78. The van der Waals surface area contributed by atoms with E-state index in [4.69, 9.17) is 4.74 Å². The van der Waals surface area contributed by atoms with Crippen molar-refractivity contribution in [2.24, 2.45) is 0 Å². The Balaban J connectivity index is 1.27. The number of anilines is 1. The maximum absolute atomic E-state index is 13.0. The van der Waals surface area contributed by atoms with E-state index in [2.05, 4.69) is 11.1 Å². The van der Waals surface area contributed by atoms with Gasteiger partial charge in [0, 0.05) is 7.05 Å². The predicted octanol–water partition coefficient (Wildman–Crippen LogP) is 6.40. The Hall–Kier alpha value is -4.78. The van der Waals surface area contributed by atoms with Crippen LogP contribution in [-0.2, 0) is 10.0 Å². The zero-order valence-electron chi connectivity index (χ0n) is 20.7. The summed E-state index contributed by atoms with van der Waals surface area (Å²) in [6.07, 6.45) is 1.73. The van der Waals surface area contributed by atoms with E-state index in [0.717, 1.165) is 15.8 Å². The summed E-state index contributed by atoms with van der Waals surface area (Å²) in [7, 11) is -2.31. The largest absolute Gasteiger partial charge is 0.423 e. The third kappa shape index (κ3) is 5.57. The highest BCUT2D eigenvalue weighted by atomic mass is 32.2. The van der Waals surface area contributed by atoms with E-state index in [1.165, 1.54) is 47.0 Å². The minimum atomic E-state index is -3.79. The van der Waals surface area contributed by atoms with Crippen molar-refractivity contribution in [3.63, 3.8) is 0 Å². The van der Waals surface area contributed by atoms with E-state index < -0.39 is 16.0 Å². The van der Waals surface area contributed by atoms with Crippen molar-refractivity contribution in [1.29, 1.82) is 5.26 Å². The lowest BCUT2D eigenvalue weighted by atomic mass is 10.1. The van der Waals surface area contributed by atoms with E-state index in [9.17, 15) is 18.5 Å². The minimum Gasteiger partial charge on any atom is -0.423 e. The highest BCUT2D eigenvalue weighted by Gasteiger charge is 2.22. The number of thiazole rings is 1. The number of carbonyl (C=O) groups excluding carboxylic acids is 1. The van der Waals surface area contributed by atoms with Gasteiger partial charge in [-0.15, -0.1) is 11.3 Å². The topological polar surface area (TPSA) is 100 Å². The second kappa shape index (κ2) is 10.9. The molecule has 0 saturated carbocycles. The number of ether oxygens (including phenoxy) is 1. The van der Waals surface area contributed by atoms with Crippen molar-refractivity contribution in [1.82, 2.24) is 4.98 Å². The monoisotopic (exact) mass is 551 g/mol. The Morgan fingerprint density at radius 2 is 1.59 bits per heavy atom. The number of benzene rings is 4. The molecule has 1 heterocycles. The molecule has 0 bridgehead atoms. The summed E-state index contributed by atoms with van der Waals surface area (Å²) in [4.78, 5) is 17.3. The van der Waals surface area contributed by atoms with Crippen LogP contribution in [0.2, 0.25) is 0 Å². The Morgan fingerprint density at radius 3 is 2.26 bits per heavy atom. The van der Waals surface area contributed by atoms with E-state index in [-0.39, 0.29) is 10.5 Å². The molecule has 7 nitrogen and oxygen atoms in total. The summed E-state index contributed by atoms with van der Waals surface area (Å²) in [6.45, 7) is 0. The van der Waals surface area contributed by atoms with Crippen LogP contribution in [0, 0.1) is 11.3 Å². The highest BCUT2D eigenvalue weighted by Crippen LogP contribution is 2.28. The first-order chi connectivity index (χ1) is 18.8. The summed E-state index contributed by atoms with van der Waals surface area (Å²) < 4.78 is 33.6. The molecule has 5 rings (SSSR count). The van der Waals surface area contributed by atoms with Gasteiger partial charge in [0.2, 0.25) is 0 Å². The second-order valence-electron chi connectivity index (χ2n) is 8.45. The van der Waals surface area contributed by atoms with Crippen LogP contribution >= 0.6 is 11.3 Å². The zero-order chi connectivity index (χ0) is 27.4. The fraction of sp³-hybridized carbons (Fsp3) is 0.0333. The number of para-hydroxylation sites is 2. The van der Waals surface area contributed by atoms with Gasteiger partial charge in [-0.25, -0.2) is 18.2 Å². The number of aromatic nitrogens is 1.